The highest BCUT2D eigenvalue weighted by Gasteiger charge is 2.19. The molecule has 2 N–H and O–H groups in total. The number of nitrogens with zero attached hydrogens (tertiary/aromatic N) is 4. The van der Waals surface area contributed by atoms with E-state index in [2.05, 4.69) is 20.3 Å². The summed E-state index contributed by atoms with van der Waals surface area (Å²) in [4.78, 5) is 13.0. The van der Waals surface area contributed by atoms with Gasteiger partial charge in [0.2, 0.25) is 0 Å². The van der Waals surface area contributed by atoms with Gasteiger partial charge in [-0.25, -0.2) is 15.0 Å². The molecule has 22 heavy (non-hydrogen) atoms. The molecule has 7 nitrogen and oxygen atoms in total. The zero-order valence-electron chi connectivity index (χ0n) is 12.7. The number of rotatable bonds is 5. The number of aliphatic hydroxyl groups excluding tert-OH is 1. The maximum Gasteiger partial charge on any atom is 0.167 e. The van der Waals surface area contributed by atoms with E-state index in [0.29, 0.717) is 12.4 Å². The van der Waals surface area contributed by atoms with Crippen LogP contribution in [0.3, 0.4) is 0 Å². The molecule has 0 radical (unpaired) electrons. The molecule has 1 unspecified atom stereocenters. The van der Waals surface area contributed by atoms with Crippen LogP contribution >= 0.6 is 0 Å². The van der Waals surface area contributed by atoms with E-state index in [0.717, 1.165) is 42.6 Å². The molecule has 2 aromatic heterocycles. The second-order valence-corrected chi connectivity index (χ2v) is 5.46. The van der Waals surface area contributed by atoms with Crippen molar-refractivity contribution < 1.29 is 9.84 Å². The van der Waals surface area contributed by atoms with Crippen molar-refractivity contribution >= 4 is 17.0 Å². The van der Waals surface area contributed by atoms with E-state index < -0.39 is 0 Å². The second-order valence-electron chi connectivity index (χ2n) is 5.46. The lowest BCUT2D eigenvalue weighted by molar-refractivity contribution is -0.0298. The average molecular weight is 303 g/mol. The van der Waals surface area contributed by atoms with Gasteiger partial charge in [0.05, 0.1) is 12.9 Å². The van der Waals surface area contributed by atoms with Crippen molar-refractivity contribution in [2.24, 2.45) is 0 Å². The first-order chi connectivity index (χ1) is 10.8. The Kier molecular flexibility index (Phi) is 4.65. The first kappa shape index (κ1) is 14.9. The minimum absolute atomic E-state index is 0.0121. The molecular formula is C15H21N5O2. The lowest BCUT2D eigenvalue weighted by Gasteiger charge is -2.23. The Labute approximate surface area is 129 Å². The highest BCUT2D eigenvalue weighted by Crippen LogP contribution is 2.27. The molecule has 1 saturated heterocycles. The number of anilines is 1. The predicted octanol–water partition coefficient (Wildman–Crippen LogP) is 1.88. The highest BCUT2D eigenvalue weighted by atomic mass is 16.5. The van der Waals surface area contributed by atoms with Crippen molar-refractivity contribution in [3.05, 3.63) is 24.3 Å². The Morgan fingerprint density at radius 1 is 1.45 bits per heavy atom. The summed E-state index contributed by atoms with van der Waals surface area (Å²) in [5, 5.41) is 12.2. The van der Waals surface area contributed by atoms with Crippen LogP contribution in [0, 0.1) is 0 Å². The number of hydrogen-bond donors (Lipinski definition) is 2. The Balaban J connectivity index is 1.82. The third kappa shape index (κ3) is 3.10. The minimum atomic E-state index is 0.0121. The van der Waals surface area contributed by atoms with Gasteiger partial charge < -0.3 is 15.2 Å². The van der Waals surface area contributed by atoms with Crippen LogP contribution in [0.5, 0.6) is 0 Å². The van der Waals surface area contributed by atoms with E-state index in [9.17, 15) is 0 Å². The molecule has 7 heteroatoms. The number of imidazole rings is 1. The molecule has 0 bridgehead atoms. The fourth-order valence-electron chi connectivity index (χ4n) is 2.52. The molecule has 0 saturated carbocycles. The number of nitrogens with one attached hydrogen (secondary N) is 1. The zero-order chi connectivity index (χ0) is 15.4. The van der Waals surface area contributed by atoms with E-state index in [1.807, 2.05) is 17.6 Å². The van der Waals surface area contributed by atoms with Gasteiger partial charge in [0.1, 0.15) is 12.6 Å². The summed E-state index contributed by atoms with van der Waals surface area (Å²) in [6.45, 7) is 3.32. The van der Waals surface area contributed by atoms with Crippen molar-refractivity contribution in [3.63, 3.8) is 0 Å². The Bertz CT molecular complexity index is 661. The molecule has 3 rings (SSSR count). The van der Waals surface area contributed by atoms with Gasteiger partial charge in [0.15, 0.2) is 17.0 Å². The largest absolute Gasteiger partial charge is 0.392 e. The fraction of sp³-hybridized carbons (Fsp3) is 0.533. The van der Waals surface area contributed by atoms with E-state index in [4.69, 9.17) is 9.84 Å². The van der Waals surface area contributed by atoms with Crippen molar-refractivity contribution in [2.75, 3.05) is 25.1 Å². The molecule has 0 aromatic carbocycles. The summed E-state index contributed by atoms with van der Waals surface area (Å²) in [6.07, 6.45) is 8.50. The van der Waals surface area contributed by atoms with Gasteiger partial charge in [-0.3, -0.25) is 4.57 Å². The summed E-state index contributed by atoms with van der Waals surface area (Å²) in [6, 6.07) is 0. The van der Waals surface area contributed by atoms with Crippen LogP contribution < -0.4 is 5.32 Å². The molecule has 118 valence electrons. The quantitative estimate of drug-likeness (QED) is 0.820. The van der Waals surface area contributed by atoms with Crippen LogP contribution in [0.15, 0.2) is 24.3 Å². The number of hydrogen-bond acceptors (Lipinski definition) is 6. The average Bonchev–Trinajstić information content (AvgIpc) is 3.00. The Morgan fingerprint density at radius 3 is 3.14 bits per heavy atom. The monoisotopic (exact) mass is 303 g/mol. The van der Waals surface area contributed by atoms with E-state index in [1.165, 1.54) is 6.33 Å². The fourth-order valence-corrected chi connectivity index (χ4v) is 2.52. The van der Waals surface area contributed by atoms with Gasteiger partial charge in [0, 0.05) is 13.2 Å². The lowest BCUT2D eigenvalue weighted by Crippen LogP contribution is -2.17. The van der Waals surface area contributed by atoms with Gasteiger partial charge in [-0.2, -0.15) is 0 Å². The molecule has 1 aliphatic rings. The summed E-state index contributed by atoms with van der Waals surface area (Å²) in [5.74, 6) is 0.696. The van der Waals surface area contributed by atoms with Gasteiger partial charge >= 0.3 is 0 Å². The van der Waals surface area contributed by atoms with Crippen LogP contribution in [0.1, 0.15) is 32.4 Å². The van der Waals surface area contributed by atoms with Crippen molar-refractivity contribution in [1.29, 1.82) is 0 Å². The molecule has 0 aliphatic carbocycles. The lowest BCUT2D eigenvalue weighted by atomic mass is 10.2. The number of aromatic nitrogens is 4. The number of ether oxygens (including phenoxy) is 1. The summed E-state index contributed by atoms with van der Waals surface area (Å²) in [7, 11) is 0. The molecular weight excluding hydrogens is 282 g/mol. The van der Waals surface area contributed by atoms with Crippen LogP contribution in [-0.2, 0) is 4.74 Å². The standard InChI is InChI=1S/C15H21N5O2/c1-11(8-21)5-6-16-14-13-15(18-9-17-14)20(10-19-13)12-4-2-3-7-22-12/h5,9-10,12,21H,2-4,6-8H2,1H3,(H,16,17,18). The van der Waals surface area contributed by atoms with Gasteiger partial charge in [-0.05, 0) is 26.2 Å². The third-order valence-electron chi connectivity index (χ3n) is 3.79. The topological polar surface area (TPSA) is 85.1 Å². The van der Waals surface area contributed by atoms with E-state index in [1.54, 1.807) is 6.33 Å². The van der Waals surface area contributed by atoms with Crippen LogP contribution in [0.25, 0.3) is 11.2 Å². The van der Waals surface area contributed by atoms with E-state index in [-0.39, 0.29) is 12.8 Å². The minimum Gasteiger partial charge on any atom is -0.392 e. The van der Waals surface area contributed by atoms with Crippen LogP contribution in [0.4, 0.5) is 5.82 Å². The first-order valence-electron chi connectivity index (χ1n) is 7.59. The maximum atomic E-state index is 9.00. The highest BCUT2D eigenvalue weighted by molar-refractivity contribution is 5.82. The normalized spacial score (nSPS) is 19.5. The first-order valence-corrected chi connectivity index (χ1v) is 7.59. The molecule has 1 aliphatic heterocycles. The molecule has 1 fully saturated rings. The number of fused-ring (bicyclic) bond motifs is 1. The van der Waals surface area contributed by atoms with Gasteiger partial charge in [-0.15, -0.1) is 0 Å². The molecule has 3 heterocycles. The number of aliphatic hydroxyl groups is 1. The Hall–Kier alpha value is -1.99. The summed E-state index contributed by atoms with van der Waals surface area (Å²) in [5.41, 5.74) is 2.44. The van der Waals surface area contributed by atoms with E-state index >= 15 is 0 Å². The smallest absolute Gasteiger partial charge is 0.167 e. The van der Waals surface area contributed by atoms with Crippen LogP contribution in [-0.4, -0.2) is 44.4 Å². The molecule has 0 spiro atoms. The molecule has 2 aromatic rings. The van der Waals surface area contributed by atoms with Crippen LogP contribution in [0.2, 0.25) is 0 Å². The third-order valence-corrected chi connectivity index (χ3v) is 3.79. The van der Waals surface area contributed by atoms with Crippen molar-refractivity contribution in [3.8, 4) is 0 Å². The second kappa shape index (κ2) is 6.85. The molecule has 1 atom stereocenters. The zero-order valence-corrected chi connectivity index (χ0v) is 12.7. The summed E-state index contributed by atoms with van der Waals surface area (Å²) < 4.78 is 7.78. The molecule has 0 amide bonds. The van der Waals surface area contributed by atoms with Crippen molar-refractivity contribution in [2.45, 2.75) is 32.4 Å². The summed E-state index contributed by atoms with van der Waals surface area (Å²) >= 11 is 0. The predicted molar refractivity (Wildman–Crippen MR) is 83.5 cm³/mol. The van der Waals surface area contributed by atoms with Gasteiger partial charge in [0.25, 0.3) is 0 Å². The van der Waals surface area contributed by atoms with Gasteiger partial charge in [-0.1, -0.05) is 11.6 Å². The maximum absolute atomic E-state index is 9.00. The SMILES string of the molecule is CC(=CCNc1ncnc2c1ncn2C1CCCCO1)CO. The Morgan fingerprint density at radius 2 is 2.36 bits per heavy atom. The van der Waals surface area contributed by atoms with Crippen molar-refractivity contribution in [1.82, 2.24) is 19.5 Å².